The van der Waals surface area contributed by atoms with Gasteiger partial charge in [0, 0.05) is 28.4 Å². The van der Waals surface area contributed by atoms with Crippen LogP contribution in [0.25, 0.3) is 21.8 Å². The van der Waals surface area contributed by atoms with E-state index in [-0.39, 0.29) is 0 Å². The maximum Gasteiger partial charge on any atom is 0.0497 e. The molecule has 0 amide bonds. The zero-order valence-corrected chi connectivity index (χ0v) is 8.62. The summed E-state index contributed by atoms with van der Waals surface area (Å²) in [6.07, 6.45) is 0. The monoisotopic (exact) mass is 193 g/mol. The predicted octanol–water partition coefficient (Wildman–Crippen LogP) is 3.41. The lowest BCUT2D eigenvalue weighted by Crippen LogP contribution is -1.92. The molecule has 1 nitrogen and oxygen atoms in total. The summed E-state index contributed by atoms with van der Waals surface area (Å²) in [6.45, 7) is 3.15. The number of nitrogens with zero attached hydrogens (tertiary/aromatic N) is 1. The second-order valence-electron chi connectivity index (χ2n) is 3.63. The van der Waals surface area contributed by atoms with E-state index in [1.54, 1.807) is 0 Å². The smallest absolute Gasteiger partial charge is 0.0497 e. The molecule has 1 heterocycles. The first-order valence-electron chi connectivity index (χ1n) is 5.20. The Labute approximate surface area is 88.9 Å². The molecule has 0 fully saturated rings. The number of hydrogen-bond acceptors (Lipinski definition) is 0. The minimum absolute atomic E-state index is 0.982. The Morgan fingerprint density at radius 3 is 2.00 bits per heavy atom. The third-order valence-corrected chi connectivity index (χ3v) is 2.87. The fourth-order valence-corrected chi connectivity index (χ4v) is 2.22. The third-order valence-electron chi connectivity index (χ3n) is 2.87. The summed E-state index contributed by atoms with van der Waals surface area (Å²) in [4.78, 5) is 0. The molecular formula is C14H11N. The summed E-state index contributed by atoms with van der Waals surface area (Å²) < 4.78 is 2.30. The molecule has 1 aromatic heterocycles. The molecule has 2 aromatic carbocycles. The molecule has 0 saturated heterocycles. The third kappa shape index (κ3) is 1.09. The molecular weight excluding hydrogens is 182 g/mol. The first-order chi connectivity index (χ1) is 7.42. The topological polar surface area (TPSA) is 4.93 Å². The number of aryl methyl sites for hydroxylation is 1. The lowest BCUT2D eigenvalue weighted by molar-refractivity contribution is 0.827. The van der Waals surface area contributed by atoms with Gasteiger partial charge in [-0.3, -0.25) is 0 Å². The van der Waals surface area contributed by atoms with E-state index in [1.165, 1.54) is 21.8 Å². The molecule has 0 aliphatic carbocycles. The average molecular weight is 193 g/mol. The fraction of sp³-hybridized carbons (Fsp3) is 0.143. The van der Waals surface area contributed by atoms with Crippen molar-refractivity contribution in [3.8, 4) is 0 Å². The number of fused-ring (bicyclic) bond motifs is 3. The van der Waals surface area contributed by atoms with Crippen molar-refractivity contribution in [1.29, 1.82) is 0 Å². The Bertz CT molecular complexity index is 566. The van der Waals surface area contributed by atoms with Crippen LogP contribution in [-0.4, -0.2) is 4.57 Å². The molecule has 0 atom stereocenters. The molecule has 0 bridgehead atoms. The highest BCUT2D eigenvalue weighted by Crippen LogP contribution is 2.27. The van der Waals surface area contributed by atoms with E-state index in [4.69, 9.17) is 0 Å². The van der Waals surface area contributed by atoms with Gasteiger partial charge >= 0.3 is 0 Å². The van der Waals surface area contributed by atoms with E-state index < -0.39 is 0 Å². The molecule has 0 spiro atoms. The van der Waals surface area contributed by atoms with Crippen molar-refractivity contribution in [3.05, 3.63) is 48.5 Å². The van der Waals surface area contributed by atoms with Crippen LogP contribution in [0.15, 0.2) is 36.4 Å². The van der Waals surface area contributed by atoms with Gasteiger partial charge in [0.05, 0.1) is 0 Å². The highest BCUT2D eigenvalue weighted by Gasteiger charge is 2.07. The number of rotatable bonds is 1. The fourth-order valence-electron chi connectivity index (χ4n) is 2.22. The second kappa shape index (κ2) is 3.13. The van der Waals surface area contributed by atoms with E-state index in [9.17, 15) is 0 Å². The second-order valence-corrected chi connectivity index (χ2v) is 3.63. The highest BCUT2D eigenvalue weighted by molar-refractivity contribution is 6.07. The van der Waals surface area contributed by atoms with Crippen LogP contribution in [0.3, 0.4) is 0 Å². The minimum atomic E-state index is 0.982. The van der Waals surface area contributed by atoms with Crippen LogP contribution in [0.4, 0.5) is 0 Å². The van der Waals surface area contributed by atoms with Gasteiger partial charge in [-0.25, -0.2) is 0 Å². The minimum Gasteiger partial charge on any atom is -0.341 e. The van der Waals surface area contributed by atoms with Crippen LogP contribution in [0.2, 0.25) is 0 Å². The molecule has 3 rings (SSSR count). The Morgan fingerprint density at radius 2 is 1.53 bits per heavy atom. The van der Waals surface area contributed by atoms with Crippen LogP contribution < -0.4 is 0 Å². The molecule has 2 radical (unpaired) electrons. The number of hydrogen-bond donors (Lipinski definition) is 0. The zero-order valence-electron chi connectivity index (χ0n) is 8.62. The highest BCUT2D eigenvalue weighted by atomic mass is 15.0. The van der Waals surface area contributed by atoms with Gasteiger partial charge in [-0.15, -0.1) is 0 Å². The molecule has 0 aliphatic rings. The quantitative estimate of drug-likeness (QED) is 0.558. The van der Waals surface area contributed by atoms with Crippen molar-refractivity contribution in [2.24, 2.45) is 0 Å². The average Bonchev–Trinajstić information content (AvgIpc) is 2.63. The van der Waals surface area contributed by atoms with Crippen molar-refractivity contribution >= 4 is 21.8 Å². The predicted molar refractivity (Wildman–Crippen MR) is 62.8 cm³/mol. The molecule has 0 aliphatic heterocycles. The van der Waals surface area contributed by atoms with Crippen molar-refractivity contribution in [2.45, 2.75) is 13.5 Å². The van der Waals surface area contributed by atoms with Gasteiger partial charge in [-0.1, -0.05) is 24.3 Å². The molecule has 0 saturated carbocycles. The first kappa shape index (κ1) is 8.54. The van der Waals surface area contributed by atoms with Crippen LogP contribution in [-0.2, 0) is 6.54 Å². The van der Waals surface area contributed by atoms with Gasteiger partial charge in [0.2, 0.25) is 0 Å². The number of aromatic nitrogens is 1. The van der Waals surface area contributed by atoms with Crippen LogP contribution in [0.5, 0.6) is 0 Å². The Kier molecular flexibility index (Phi) is 1.78. The van der Waals surface area contributed by atoms with Gasteiger partial charge in [0.25, 0.3) is 0 Å². The molecule has 0 unspecified atom stereocenters. The summed E-state index contributed by atoms with van der Waals surface area (Å²) in [5.74, 6) is 0. The lowest BCUT2D eigenvalue weighted by atomic mass is 10.2. The summed E-state index contributed by atoms with van der Waals surface area (Å²) in [7, 11) is 0. The zero-order chi connectivity index (χ0) is 10.3. The van der Waals surface area contributed by atoms with Crippen molar-refractivity contribution in [1.82, 2.24) is 4.57 Å². The van der Waals surface area contributed by atoms with Crippen LogP contribution >= 0.6 is 0 Å². The van der Waals surface area contributed by atoms with E-state index in [0.29, 0.717) is 0 Å². The van der Waals surface area contributed by atoms with E-state index in [0.717, 1.165) is 6.54 Å². The number of benzene rings is 2. The maximum absolute atomic E-state index is 3.14. The van der Waals surface area contributed by atoms with Crippen LogP contribution in [0, 0.1) is 12.1 Å². The Hall–Kier alpha value is -1.76. The van der Waals surface area contributed by atoms with Crippen molar-refractivity contribution in [3.63, 3.8) is 0 Å². The normalized spacial score (nSPS) is 11.3. The SMILES string of the molecule is CCn1c2c[c]ccc2c2cc[c]cc21. The lowest BCUT2D eigenvalue weighted by Gasteiger charge is -2.01. The summed E-state index contributed by atoms with van der Waals surface area (Å²) >= 11 is 0. The maximum atomic E-state index is 3.14. The summed E-state index contributed by atoms with van der Waals surface area (Å²) in [5.41, 5.74) is 2.52. The van der Waals surface area contributed by atoms with Gasteiger partial charge in [0.15, 0.2) is 0 Å². The summed E-state index contributed by atoms with van der Waals surface area (Å²) in [5, 5.41) is 2.61. The summed E-state index contributed by atoms with van der Waals surface area (Å²) in [6, 6.07) is 18.6. The standard InChI is InChI=1S/C14H11N/c1-2-15-13-9-5-3-7-11(13)12-8-4-6-10-14(12)15/h3-4,7-10H,2H2,1H3. The molecule has 72 valence electrons. The first-order valence-corrected chi connectivity index (χ1v) is 5.20. The van der Waals surface area contributed by atoms with Crippen molar-refractivity contribution in [2.75, 3.05) is 0 Å². The molecule has 3 aromatic rings. The van der Waals surface area contributed by atoms with E-state index in [2.05, 4.69) is 47.9 Å². The molecule has 15 heavy (non-hydrogen) atoms. The largest absolute Gasteiger partial charge is 0.341 e. The van der Waals surface area contributed by atoms with Crippen LogP contribution in [0.1, 0.15) is 6.92 Å². The van der Waals surface area contributed by atoms with Crippen molar-refractivity contribution < 1.29 is 0 Å². The molecule has 1 heteroatoms. The van der Waals surface area contributed by atoms with Gasteiger partial charge in [-0.2, -0.15) is 0 Å². The van der Waals surface area contributed by atoms with E-state index in [1.807, 2.05) is 12.1 Å². The van der Waals surface area contributed by atoms with Gasteiger partial charge in [-0.05, 0) is 31.2 Å². The van der Waals surface area contributed by atoms with E-state index >= 15 is 0 Å². The molecule has 0 N–H and O–H groups in total. The Balaban J connectivity index is 2.62. The van der Waals surface area contributed by atoms with Gasteiger partial charge in [0.1, 0.15) is 0 Å². The van der Waals surface area contributed by atoms with Gasteiger partial charge < -0.3 is 4.57 Å². The Morgan fingerprint density at radius 1 is 1.00 bits per heavy atom.